The van der Waals surface area contributed by atoms with Crippen LogP contribution in [0.5, 0.6) is 11.5 Å². The number of aliphatic carboxylic acids is 1. The van der Waals surface area contributed by atoms with Crippen molar-refractivity contribution in [3.8, 4) is 11.5 Å². The lowest BCUT2D eigenvalue weighted by atomic mass is 10.0. The van der Waals surface area contributed by atoms with Crippen molar-refractivity contribution in [1.29, 1.82) is 0 Å². The zero-order valence-corrected chi connectivity index (χ0v) is 44.7. The molecule has 1 heterocycles. The van der Waals surface area contributed by atoms with Crippen molar-refractivity contribution in [2.24, 2.45) is 22.9 Å². The number of nitrogens with one attached hydrogen (secondary N) is 7. The summed E-state index contributed by atoms with van der Waals surface area (Å²) in [6, 6.07) is 4.64. The van der Waals surface area contributed by atoms with E-state index in [2.05, 4.69) is 37.2 Å². The highest BCUT2D eigenvalue weighted by Crippen LogP contribution is 2.22. The Balaban J connectivity index is 1.59. The Morgan fingerprint density at radius 2 is 0.988 bits per heavy atom. The molecule has 11 amide bonds. The number of phenolic OH excluding ortho intramolecular Hbond substituents is 2. The van der Waals surface area contributed by atoms with E-state index in [0.717, 1.165) is 11.8 Å². The van der Waals surface area contributed by atoms with Gasteiger partial charge in [-0.25, -0.2) is 4.79 Å². The fraction of sp³-hybridized carbons (Fsp3) is 0.434. The minimum absolute atomic E-state index is 0.0460. The molecule has 0 saturated carbocycles. The van der Waals surface area contributed by atoms with E-state index in [1.807, 2.05) is 0 Å². The quantitative estimate of drug-likeness (QED) is 0.0278. The molecular formula is C53H70N12O17. The van der Waals surface area contributed by atoms with Crippen LogP contribution in [0.2, 0.25) is 0 Å². The number of likely N-dealkylation sites (tertiary alicyclic amines) is 1. The van der Waals surface area contributed by atoms with Gasteiger partial charge in [0.2, 0.25) is 65.0 Å². The van der Waals surface area contributed by atoms with Crippen molar-refractivity contribution in [1.82, 2.24) is 42.1 Å². The first-order valence-electron chi connectivity index (χ1n) is 25.9. The first-order valence-corrected chi connectivity index (χ1v) is 25.9. The molecule has 3 aromatic rings. The van der Waals surface area contributed by atoms with Crippen molar-refractivity contribution in [3.63, 3.8) is 0 Å². The largest absolute Gasteiger partial charge is 0.508 e. The monoisotopic (exact) mass is 1150 g/mol. The Bertz CT molecular complexity index is 2770. The third-order valence-corrected chi connectivity index (χ3v) is 13.0. The summed E-state index contributed by atoms with van der Waals surface area (Å²) in [5, 5.41) is 66.7. The number of nitrogens with zero attached hydrogens (tertiary/aromatic N) is 1. The second-order valence-corrected chi connectivity index (χ2v) is 19.5. The van der Waals surface area contributed by atoms with E-state index in [9.17, 15) is 83.1 Å². The normalized spacial score (nSPS) is 16.1. The second-order valence-electron chi connectivity index (χ2n) is 19.5. The molecule has 0 radical (unpaired) electrons. The third kappa shape index (κ3) is 20.8. The third-order valence-electron chi connectivity index (χ3n) is 13.0. The molecule has 0 spiro atoms. The fourth-order valence-corrected chi connectivity index (χ4v) is 8.57. The second kappa shape index (κ2) is 31.5. The van der Waals surface area contributed by atoms with Crippen LogP contribution < -0.4 is 60.2 Å². The van der Waals surface area contributed by atoms with E-state index in [-0.39, 0.29) is 63.0 Å². The van der Waals surface area contributed by atoms with Crippen LogP contribution in [0.3, 0.4) is 0 Å². The molecule has 0 unspecified atom stereocenters. The first-order chi connectivity index (χ1) is 38.8. The highest BCUT2D eigenvalue weighted by molar-refractivity contribution is 5.99. The van der Waals surface area contributed by atoms with Crippen LogP contribution in [-0.2, 0) is 76.8 Å². The number of hydrogen-bond acceptors (Lipinski definition) is 17. The maximum absolute atomic E-state index is 14.6. The average molecular weight is 1150 g/mol. The summed E-state index contributed by atoms with van der Waals surface area (Å²) in [4.78, 5) is 160. The van der Waals surface area contributed by atoms with Crippen molar-refractivity contribution < 1.29 is 83.1 Å². The molecule has 1 aliphatic heterocycles. The van der Waals surface area contributed by atoms with Crippen LogP contribution in [0.4, 0.5) is 0 Å². The van der Waals surface area contributed by atoms with E-state index in [1.54, 1.807) is 30.3 Å². The van der Waals surface area contributed by atoms with Gasteiger partial charge in [0.25, 0.3) is 0 Å². The van der Waals surface area contributed by atoms with Gasteiger partial charge in [0.05, 0.1) is 25.2 Å². The van der Waals surface area contributed by atoms with Crippen molar-refractivity contribution >= 4 is 70.9 Å². The van der Waals surface area contributed by atoms with Crippen LogP contribution >= 0.6 is 0 Å². The molecule has 29 nitrogen and oxygen atoms in total. The minimum atomic E-state index is -1.94. The Kier molecular flexibility index (Phi) is 25.1. The topological polar surface area (TPSA) is 498 Å². The zero-order valence-electron chi connectivity index (χ0n) is 44.7. The molecule has 29 heteroatoms. The SMILES string of the molecule is C[C@@H](O)[C@H](NC(=O)[C@H](Cc1ccccc1)NC(=O)[C@@H]1CCCN1C(=O)[C@H](Cc1ccc(O)cc1)NC(=O)[C@H](CO)NC(=O)[C@H](CC(N)=O)NC(=O)[C@H](Cc1ccc(O)cc1)NC(=O)[C@H](CCC(N)=O)NC(=O)[C@@H](N)CCC(N)=O)C(=O)O. The zero-order chi connectivity index (χ0) is 60.8. The average Bonchev–Trinajstić information content (AvgIpc) is 4.16. The Morgan fingerprint density at radius 3 is 1.51 bits per heavy atom. The van der Waals surface area contributed by atoms with E-state index in [4.69, 9.17) is 22.9 Å². The molecule has 3 aromatic carbocycles. The van der Waals surface area contributed by atoms with Crippen LogP contribution in [0.1, 0.15) is 68.6 Å². The number of nitrogens with two attached hydrogens (primary N) is 4. The molecule has 0 bridgehead atoms. The summed E-state index contributed by atoms with van der Waals surface area (Å²) < 4.78 is 0. The van der Waals surface area contributed by atoms with Crippen molar-refractivity contribution in [2.75, 3.05) is 13.2 Å². The van der Waals surface area contributed by atoms with Crippen LogP contribution in [-0.4, -0.2) is 175 Å². The predicted molar refractivity (Wildman–Crippen MR) is 287 cm³/mol. The molecular weight excluding hydrogens is 1080 g/mol. The number of aromatic hydroxyl groups is 2. The molecule has 4 rings (SSSR count). The van der Waals surface area contributed by atoms with Gasteiger partial charge in [-0.05, 0) is 73.6 Å². The van der Waals surface area contributed by atoms with Gasteiger partial charge in [-0.2, -0.15) is 0 Å². The summed E-state index contributed by atoms with van der Waals surface area (Å²) in [7, 11) is 0. The standard InChI is InChI=1S/C53H70N12O17/c1-27(67)44(53(81)82)64-49(77)36(22-28-6-3-2-4-7-28)61-51(79)40-8-5-21-65(40)52(80)38(24-30-11-15-32(69)16-12-30)62-50(78)39(26-66)63-48(76)37(25-43(57)72)60-47(75)35(23-29-9-13-31(68)14-10-29)59-46(74)34(18-20-42(56)71)58-45(73)33(54)17-19-41(55)70/h2-4,6-7,9-16,27,33-40,44,66-69H,5,8,17-26,54H2,1H3,(H2,55,70)(H2,56,71)(H2,57,72)(H,58,73)(H,59,74)(H,60,75)(H,61,79)(H,62,78)(H,63,76)(H,64,77)(H,81,82)/t27-,33+,34+,35+,36+,37+,38+,39+,40+,44+/m1/s1. The van der Waals surface area contributed by atoms with Crippen molar-refractivity contribution in [2.45, 2.75) is 132 Å². The number of carboxylic acid groups (broad SMARTS) is 1. The van der Waals surface area contributed by atoms with Crippen LogP contribution in [0, 0.1) is 0 Å². The van der Waals surface area contributed by atoms with E-state index >= 15 is 0 Å². The molecule has 82 heavy (non-hydrogen) atoms. The Hall–Kier alpha value is -9.22. The van der Waals surface area contributed by atoms with Gasteiger partial charge < -0.3 is 90.6 Å². The van der Waals surface area contributed by atoms with Gasteiger partial charge in [0.1, 0.15) is 53.8 Å². The number of aliphatic hydroxyl groups is 2. The summed E-state index contributed by atoms with van der Waals surface area (Å²) in [6.45, 7) is -0.0504. The number of amides is 11. The summed E-state index contributed by atoms with van der Waals surface area (Å²) in [6.07, 6.45) is -4.34. The maximum Gasteiger partial charge on any atom is 0.328 e. The molecule has 0 aliphatic carbocycles. The van der Waals surface area contributed by atoms with E-state index < -0.39 is 157 Å². The molecule has 1 saturated heterocycles. The molecule has 444 valence electrons. The number of carbonyl (C=O) groups excluding carboxylic acids is 11. The van der Waals surface area contributed by atoms with Gasteiger partial charge in [0.15, 0.2) is 6.04 Å². The number of rotatable bonds is 32. The lowest BCUT2D eigenvalue weighted by Crippen LogP contribution is -2.61. The number of hydrogen-bond donors (Lipinski definition) is 16. The van der Waals surface area contributed by atoms with Crippen molar-refractivity contribution in [3.05, 3.63) is 95.6 Å². The Labute approximate surface area is 469 Å². The summed E-state index contributed by atoms with van der Waals surface area (Å²) >= 11 is 0. The number of carbonyl (C=O) groups is 12. The predicted octanol–water partition coefficient (Wildman–Crippen LogP) is -5.30. The smallest absolute Gasteiger partial charge is 0.328 e. The highest BCUT2D eigenvalue weighted by Gasteiger charge is 2.41. The van der Waals surface area contributed by atoms with Crippen LogP contribution in [0.15, 0.2) is 78.9 Å². The highest BCUT2D eigenvalue weighted by atomic mass is 16.4. The number of carboxylic acids is 1. The maximum atomic E-state index is 14.6. The molecule has 1 aliphatic rings. The van der Waals surface area contributed by atoms with E-state index in [0.29, 0.717) is 16.7 Å². The lowest BCUT2D eigenvalue weighted by molar-refractivity contribution is -0.145. The molecule has 1 fully saturated rings. The van der Waals surface area contributed by atoms with Gasteiger partial charge in [-0.3, -0.25) is 52.7 Å². The number of primary amides is 3. The first kappa shape index (κ1) is 65.3. The van der Waals surface area contributed by atoms with Gasteiger partial charge in [0, 0.05) is 38.6 Å². The number of aliphatic hydroxyl groups excluding tert-OH is 2. The fourth-order valence-electron chi connectivity index (χ4n) is 8.57. The number of phenols is 2. The number of benzene rings is 3. The molecule has 0 aromatic heterocycles. The van der Waals surface area contributed by atoms with Crippen LogP contribution in [0.25, 0.3) is 0 Å². The minimum Gasteiger partial charge on any atom is -0.508 e. The van der Waals surface area contributed by atoms with Gasteiger partial charge >= 0.3 is 5.97 Å². The lowest BCUT2D eigenvalue weighted by Gasteiger charge is -2.31. The van der Waals surface area contributed by atoms with E-state index in [1.165, 1.54) is 48.5 Å². The Morgan fingerprint density at radius 1 is 0.549 bits per heavy atom. The van der Waals surface area contributed by atoms with Gasteiger partial charge in [-0.15, -0.1) is 0 Å². The molecule has 10 atom stereocenters. The summed E-state index contributed by atoms with van der Waals surface area (Å²) in [5.74, 6) is -13.0. The van der Waals surface area contributed by atoms with Gasteiger partial charge in [-0.1, -0.05) is 54.6 Å². The molecule has 20 N–H and O–H groups in total. The summed E-state index contributed by atoms with van der Waals surface area (Å²) in [5.41, 5.74) is 23.1.